The molecule has 0 radical (unpaired) electrons. The number of anilines is 3. The minimum absolute atomic E-state index is 0.112. The minimum Gasteiger partial charge on any atom is -0.330 e. The van der Waals surface area contributed by atoms with Crippen molar-refractivity contribution in [1.82, 2.24) is 0 Å². The first kappa shape index (κ1) is 16.4. The van der Waals surface area contributed by atoms with Crippen molar-refractivity contribution in [2.75, 3.05) is 21.7 Å². The van der Waals surface area contributed by atoms with Crippen molar-refractivity contribution in [3.63, 3.8) is 0 Å². The molecule has 8 heteroatoms. The molecule has 2 aromatic rings. The molecular weight excluding hydrogens is 341 g/mol. The summed E-state index contributed by atoms with van der Waals surface area (Å²) in [6, 6.07) is 11.0. The fraction of sp³-hybridized carbons (Fsp3) is 0.200. The second-order valence-electron chi connectivity index (χ2n) is 5.11. The van der Waals surface area contributed by atoms with Gasteiger partial charge in [-0.2, -0.15) is 0 Å². The number of fused-ring (bicyclic) bond motifs is 1. The number of benzene rings is 2. The van der Waals surface area contributed by atoms with Crippen LogP contribution in [0.25, 0.3) is 0 Å². The standard InChI is InChI=1S/C15H17ClFN3O2S/c16-12-10-11(17)6-7-13(12)20-15-5-2-1-4-14(15)19(9-3-8-18)23(20,21)22/h1-2,4-7,10,21-22H,3,8-9,18H2. The van der Waals surface area contributed by atoms with Gasteiger partial charge in [-0.25, -0.2) is 8.70 Å². The maximum atomic E-state index is 13.3. The summed E-state index contributed by atoms with van der Waals surface area (Å²) < 4.78 is 37.8. The van der Waals surface area contributed by atoms with Crippen molar-refractivity contribution in [3.8, 4) is 0 Å². The summed E-state index contributed by atoms with van der Waals surface area (Å²) in [5, 5.41) is 0.112. The largest absolute Gasteiger partial charge is 0.330 e. The molecule has 0 bridgehead atoms. The van der Waals surface area contributed by atoms with Crippen LogP contribution in [0, 0.1) is 5.82 Å². The summed E-state index contributed by atoms with van der Waals surface area (Å²) in [6.45, 7) is 0.830. The van der Waals surface area contributed by atoms with Gasteiger partial charge in [0.05, 0.1) is 22.1 Å². The van der Waals surface area contributed by atoms with E-state index in [0.717, 1.165) is 6.07 Å². The Bertz CT molecular complexity index is 732. The Kier molecular flexibility index (Phi) is 4.39. The van der Waals surface area contributed by atoms with Crippen molar-refractivity contribution in [1.29, 1.82) is 0 Å². The highest BCUT2D eigenvalue weighted by Gasteiger charge is 2.41. The second kappa shape index (κ2) is 6.18. The first-order valence-corrected chi connectivity index (χ1v) is 8.91. The molecule has 23 heavy (non-hydrogen) atoms. The molecule has 0 saturated heterocycles. The highest BCUT2D eigenvalue weighted by molar-refractivity contribution is 8.27. The quantitative estimate of drug-likeness (QED) is 0.757. The molecule has 0 fully saturated rings. The van der Waals surface area contributed by atoms with Crippen molar-refractivity contribution < 1.29 is 13.5 Å². The predicted octanol–water partition coefficient (Wildman–Crippen LogP) is 4.37. The zero-order valence-corrected chi connectivity index (χ0v) is 13.8. The summed E-state index contributed by atoms with van der Waals surface area (Å²) in [5.74, 6) is -0.484. The Morgan fingerprint density at radius 1 is 1.09 bits per heavy atom. The fourth-order valence-corrected chi connectivity index (χ4v) is 4.73. The Hall–Kier alpha value is -1.51. The fourth-order valence-electron chi connectivity index (χ4n) is 2.59. The van der Waals surface area contributed by atoms with Crippen LogP contribution in [0.2, 0.25) is 5.02 Å². The van der Waals surface area contributed by atoms with Crippen LogP contribution in [-0.4, -0.2) is 22.2 Å². The summed E-state index contributed by atoms with van der Waals surface area (Å²) in [7, 11) is -3.34. The molecule has 2 aromatic carbocycles. The average Bonchev–Trinajstić information content (AvgIpc) is 2.72. The lowest BCUT2D eigenvalue weighted by molar-refractivity contribution is 0.484. The van der Waals surface area contributed by atoms with Gasteiger partial charge in [-0.15, -0.1) is 0 Å². The molecule has 1 heterocycles. The lowest BCUT2D eigenvalue weighted by atomic mass is 10.2. The molecule has 5 nitrogen and oxygen atoms in total. The monoisotopic (exact) mass is 357 g/mol. The molecule has 124 valence electrons. The van der Waals surface area contributed by atoms with Gasteiger partial charge in [0.25, 0.3) is 0 Å². The van der Waals surface area contributed by atoms with E-state index >= 15 is 0 Å². The molecule has 0 aliphatic carbocycles. The van der Waals surface area contributed by atoms with E-state index in [0.29, 0.717) is 36.6 Å². The molecule has 0 amide bonds. The van der Waals surface area contributed by atoms with E-state index in [9.17, 15) is 13.5 Å². The normalized spacial score (nSPS) is 17.3. The van der Waals surface area contributed by atoms with Crippen LogP contribution >= 0.6 is 22.6 Å². The summed E-state index contributed by atoms with van der Waals surface area (Å²) in [5.41, 5.74) is 7.18. The zero-order chi connectivity index (χ0) is 16.6. The van der Waals surface area contributed by atoms with Crippen LogP contribution in [0.15, 0.2) is 42.5 Å². The Balaban J connectivity index is 2.12. The van der Waals surface area contributed by atoms with Gasteiger partial charge in [-0.1, -0.05) is 23.7 Å². The summed E-state index contributed by atoms with van der Waals surface area (Å²) in [6.07, 6.45) is 0.606. The van der Waals surface area contributed by atoms with Gasteiger partial charge >= 0.3 is 0 Å². The van der Waals surface area contributed by atoms with Gasteiger partial charge in [-0.3, -0.25) is 13.4 Å². The average molecular weight is 358 g/mol. The Morgan fingerprint density at radius 2 is 1.78 bits per heavy atom. The van der Waals surface area contributed by atoms with Crippen LogP contribution in [0.4, 0.5) is 21.5 Å². The zero-order valence-electron chi connectivity index (χ0n) is 12.2. The van der Waals surface area contributed by atoms with E-state index in [1.54, 1.807) is 18.2 Å². The van der Waals surface area contributed by atoms with E-state index in [4.69, 9.17) is 17.3 Å². The van der Waals surface area contributed by atoms with Crippen molar-refractivity contribution in [2.45, 2.75) is 6.42 Å². The lowest BCUT2D eigenvalue weighted by Crippen LogP contribution is -2.32. The van der Waals surface area contributed by atoms with E-state index in [1.807, 2.05) is 6.07 Å². The maximum absolute atomic E-state index is 13.3. The van der Waals surface area contributed by atoms with Crippen LogP contribution in [0.1, 0.15) is 6.42 Å². The van der Waals surface area contributed by atoms with Crippen LogP contribution in [0.3, 0.4) is 0 Å². The van der Waals surface area contributed by atoms with E-state index in [-0.39, 0.29) is 5.02 Å². The molecule has 1 aliphatic heterocycles. The van der Waals surface area contributed by atoms with Gasteiger partial charge in [0.1, 0.15) is 5.82 Å². The molecule has 3 rings (SSSR count). The SMILES string of the molecule is NCCCN1c2ccccc2N(c2ccc(F)cc2Cl)S1(O)O. The predicted molar refractivity (Wildman–Crippen MR) is 93.9 cm³/mol. The Morgan fingerprint density at radius 3 is 2.43 bits per heavy atom. The third-order valence-corrected chi connectivity index (χ3v) is 5.76. The smallest absolute Gasteiger partial charge is 0.124 e. The third-order valence-electron chi connectivity index (χ3n) is 3.60. The van der Waals surface area contributed by atoms with E-state index < -0.39 is 16.8 Å². The van der Waals surface area contributed by atoms with Gasteiger partial charge < -0.3 is 5.73 Å². The molecule has 1 aliphatic rings. The third kappa shape index (κ3) is 2.75. The van der Waals surface area contributed by atoms with Crippen LogP contribution < -0.4 is 14.3 Å². The van der Waals surface area contributed by atoms with Crippen molar-refractivity contribution >= 4 is 39.6 Å². The van der Waals surface area contributed by atoms with Gasteiger partial charge in [0, 0.05) is 6.54 Å². The minimum atomic E-state index is -3.34. The highest BCUT2D eigenvalue weighted by Crippen LogP contribution is 2.64. The van der Waals surface area contributed by atoms with E-state index in [2.05, 4.69) is 0 Å². The first-order valence-electron chi connectivity index (χ1n) is 7.07. The number of hydrogen-bond donors (Lipinski definition) is 3. The van der Waals surface area contributed by atoms with Gasteiger partial charge in [0.15, 0.2) is 0 Å². The number of halogens is 2. The number of para-hydroxylation sites is 2. The van der Waals surface area contributed by atoms with Crippen molar-refractivity contribution in [3.05, 3.63) is 53.3 Å². The molecule has 0 spiro atoms. The number of nitrogens with two attached hydrogens (primary N) is 1. The molecule has 0 unspecified atom stereocenters. The number of rotatable bonds is 4. The first-order chi connectivity index (χ1) is 11.0. The summed E-state index contributed by atoms with van der Waals surface area (Å²) >= 11 is 6.13. The highest BCUT2D eigenvalue weighted by atomic mass is 35.5. The lowest BCUT2D eigenvalue weighted by Gasteiger charge is -2.44. The second-order valence-corrected chi connectivity index (χ2v) is 7.31. The van der Waals surface area contributed by atoms with Crippen LogP contribution in [0.5, 0.6) is 0 Å². The number of nitrogens with zero attached hydrogens (tertiary/aromatic N) is 2. The maximum Gasteiger partial charge on any atom is 0.124 e. The van der Waals surface area contributed by atoms with Gasteiger partial charge in [-0.05, 0) is 54.3 Å². The topological polar surface area (TPSA) is 73.0 Å². The van der Waals surface area contributed by atoms with Crippen molar-refractivity contribution in [2.24, 2.45) is 5.73 Å². The Labute approximate surface area is 140 Å². The molecule has 0 saturated carbocycles. The van der Waals surface area contributed by atoms with Gasteiger partial charge in [0.2, 0.25) is 0 Å². The molecule has 0 atom stereocenters. The molecule has 4 N–H and O–H groups in total. The molecular formula is C15H17ClFN3O2S. The molecule has 0 aromatic heterocycles. The number of hydrogen-bond acceptors (Lipinski definition) is 5. The van der Waals surface area contributed by atoms with Crippen LogP contribution in [-0.2, 0) is 0 Å². The van der Waals surface area contributed by atoms with E-state index in [1.165, 1.54) is 20.7 Å². The summed E-state index contributed by atoms with van der Waals surface area (Å²) in [4.78, 5) is 0.